The molecule has 0 amide bonds. The first-order valence-electron chi connectivity index (χ1n) is 11.2. The molecular weight excluding hydrogens is 457 g/mol. The maximum atomic E-state index is 13.0. The van der Waals surface area contributed by atoms with Crippen molar-refractivity contribution in [3.8, 4) is 11.1 Å². The van der Waals surface area contributed by atoms with E-state index in [9.17, 15) is 9.50 Å². The van der Waals surface area contributed by atoms with Gasteiger partial charge in [0.2, 0.25) is 5.95 Å². The first-order valence-corrected chi connectivity index (χ1v) is 12.8. The third-order valence-corrected chi connectivity index (χ3v) is 8.75. The van der Waals surface area contributed by atoms with E-state index in [2.05, 4.69) is 20.1 Å². The molecule has 2 aliphatic rings. The second kappa shape index (κ2) is 8.64. The van der Waals surface area contributed by atoms with E-state index < -0.39 is 12.2 Å². The number of aliphatic hydroxyl groups excluding tert-OH is 1. The van der Waals surface area contributed by atoms with Gasteiger partial charge >= 0.3 is 0 Å². The number of halogens is 1. The van der Waals surface area contributed by atoms with Crippen molar-refractivity contribution >= 4 is 43.0 Å². The summed E-state index contributed by atoms with van der Waals surface area (Å²) in [6.07, 6.45) is 3.31. The number of hydrogen-bond donors (Lipinski definition) is 2. The normalized spacial score (nSPS) is 19.7. The summed E-state index contributed by atoms with van der Waals surface area (Å²) in [6.45, 7) is 4.48. The third-order valence-electron chi connectivity index (χ3n) is 6.47. The Morgan fingerprint density at radius 2 is 1.91 bits per heavy atom. The summed E-state index contributed by atoms with van der Waals surface area (Å²) in [6, 6.07) is 13.4. The van der Waals surface area contributed by atoms with Crippen molar-refractivity contribution in [2.75, 3.05) is 36.4 Å². The van der Waals surface area contributed by atoms with E-state index in [-0.39, 0.29) is 0 Å². The Hall–Kier alpha value is -2.59. The van der Waals surface area contributed by atoms with Crippen LogP contribution in [-0.4, -0.2) is 52.2 Å². The molecule has 0 aliphatic carbocycles. The molecule has 5 heterocycles. The van der Waals surface area contributed by atoms with E-state index in [0.29, 0.717) is 6.04 Å². The number of piperazine rings is 1. The second-order valence-electron chi connectivity index (χ2n) is 8.59. The summed E-state index contributed by atoms with van der Waals surface area (Å²) in [7, 11) is 0. The Labute approximate surface area is 199 Å². The molecule has 1 aromatic carbocycles. The number of thiophene rings is 1. The fourth-order valence-electron chi connectivity index (χ4n) is 4.71. The predicted molar refractivity (Wildman–Crippen MR) is 133 cm³/mol. The van der Waals surface area contributed by atoms with Gasteiger partial charge in [-0.25, -0.2) is 9.97 Å². The summed E-state index contributed by atoms with van der Waals surface area (Å²) in [5.74, 6) is -0.492. The molecule has 0 saturated carbocycles. The number of fused-ring (bicyclic) bond motifs is 2. The fraction of sp³-hybridized carbons (Fsp3) is 0.333. The lowest BCUT2D eigenvalue weighted by Gasteiger charge is -2.37. The van der Waals surface area contributed by atoms with Crippen LogP contribution < -0.4 is 10.2 Å². The number of aliphatic hydroxyl groups is 1. The molecule has 2 atom stereocenters. The molecule has 6 nitrogen and oxygen atoms in total. The van der Waals surface area contributed by atoms with Crippen LogP contribution in [0.5, 0.6) is 0 Å². The zero-order chi connectivity index (χ0) is 22.4. The summed E-state index contributed by atoms with van der Waals surface area (Å²) in [5, 5.41) is 15.0. The van der Waals surface area contributed by atoms with Crippen LogP contribution in [0.3, 0.4) is 0 Å². The Balaban J connectivity index is 1.13. The number of hydrogen-bond acceptors (Lipinski definition) is 8. The van der Waals surface area contributed by atoms with Crippen LogP contribution >= 0.6 is 22.7 Å². The minimum atomic E-state index is -0.805. The molecule has 2 saturated heterocycles. The number of aromatic nitrogens is 2. The van der Waals surface area contributed by atoms with Gasteiger partial charge in [0.25, 0.3) is 0 Å². The van der Waals surface area contributed by atoms with Gasteiger partial charge in [-0.1, -0.05) is 23.5 Å². The minimum Gasteiger partial charge on any atom is -0.369 e. The molecular formula is C24H24FN5OS2. The molecule has 0 radical (unpaired) electrons. The van der Waals surface area contributed by atoms with Crippen molar-refractivity contribution in [1.29, 1.82) is 0 Å². The monoisotopic (exact) mass is 481 g/mol. The van der Waals surface area contributed by atoms with Gasteiger partial charge in [0.1, 0.15) is 4.83 Å². The predicted octanol–water partition coefficient (Wildman–Crippen LogP) is 4.95. The SMILES string of the molecule is OC(Nc1ccc(-c2ccc(F)nc2)cc1)c1cc2sc(N3CCN4CCCC4C3)nc2s1. The van der Waals surface area contributed by atoms with E-state index >= 15 is 0 Å². The number of thiazole rings is 1. The molecule has 2 fully saturated rings. The maximum Gasteiger partial charge on any atom is 0.212 e. The van der Waals surface area contributed by atoms with Crippen LogP contribution in [0.4, 0.5) is 15.2 Å². The van der Waals surface area contributed by atoms with Crippen LogP contribution in [0, 0.1) is 5.95 Å². The molecule has 0 spiro atoms. The average molecular weight is 482 g/mol. The molecule has 3 aromatic heterocycles. The van der Waals surface area contributed by atoms with Crippen LogP contribution in [0.15, 0.2) is 48.7 Å². The van der Waals surface area contributed by atoms with Crippen LogP contribution in [-0.2, 0) is 0 Å². The van der Waals surface area contributed by atoms with E-state index in [0.717, 1.165) is 56.0 Å². The summed E-state index contributed by atoms with van der Waals surface area (Å²) in [4.78, 5) is 15.5. The molecule has 2 aliphatic heterocycles. The second-order valence-corrected chi connectivity index (χ2v) is 10.7. The molecule has 2 N–H and O–H groups in total. The van der Waals surface area contributed by atoms with Gasteiger partial charge in [-0.2, -0.15) is 4.39 Å². The summed E-state index contributed by atoms with van der Waals surface area (Å²) >= 11 is 3.25. The van der Waals surface area contributed by atoms with Crippen molar-refractivity contribution in [3.63, 3.8) is 0 Å². The standard InChI is InChI=1S/C24H24FN5OS2/c25-21-8-5-16(13-26-21)15-3-6-17(7-4-15)27-22(31)19-12-20-23(32-19)28-24(33-20)30-11-10-29-9-1-2-18(29)14-30/h3-8,12-13,18,22,27,31H,1-2,9-11,14H2. The lowest BCUT2D eigenvalue weighted by atomic mass is 10.1. The highest BCUT2D eigenvalue weighted by Gasteiger charge is 2.31. The van der Waals surface area contributed by atoms with Gasteiger partial charge in [-0.15, -0.1) is 11.3 Å². The number of nitrogens with one attached hydrogen (secondary N) is 1. The van der Waals surface area contributed by atoms with Crippen molar-refractivity contribution in [2.45, 2.75) is 25.1 Å². The number of anilines is 2. The van der Waals surface area contributed by atoms with Crippen LogP contribution in [0.2, 0.25) is 0 Å². The van der Waals surface area contributed by atoms with Gasteiger partial charge in [-0.05, 0) is 55.3 Å². The fourth-order valence-corrected chi connectivity index (χ4v) is 6.90. The highest BCUT2D eigenvalue weighted by Crippen LogP contribution is 2.38. The molecule has 33 heavy (non-hydrogen) atoms. The molecule has 170 valence electrons. The van der Waals surface area contributed by atoms with Gasteiger partial charge < -0.3 is 15.3 Å². The molecule has 2 unspecified atom stereocenters. The maximum absolute atomic E-state index is 13.0. The number of benzene rings is 1. The van der Waals surface area contributed by atoms with Crippen molar-refractivity contribution in [3.05, 3.63) is 59.5 Å². The average Bonchev–Trinajstić information content (AvgIpc) is 3.54. The van der Waals surface area contributed by atoms with E-state index in [1.165, 1.54) is 43.0 Å². The summed E-state index contributed by atoms with van der Waals surface area (Å²) in [5.41, 5.74) is 2.59. The Bertz CT molecular complexity index is 1220. The Kier molecular flexibility index (Phi) is 5.49. The quantitative estimate of drug-likeness (QED) is 0.311. The number of rotatable bonds is 5. The van der Waals surface area contributed by atoms with Crippen LogP contribution in [0.1, 0.15) is 23.9 Å². The Morgan fingerprint density at radius 1 is 1.06 bits per heavy atom. The number of nitrogens with zero attached hydrogens (tertiary/aromatic N) is 4. The lowest BCUT2D eigenvalue weighted by molar-refractivity contribution is 0.212. The largest absolute Gasteiger partial charge is 0.369 e. The zero-order valence-corrected chi connectivity index (χ0v) is 19.6. The van der Waals surface area contributed by atoms with Gasteiger partial charge in [0.15, 0.2) is 11.4 Å². The molecule has 9 heteroatoms. The highest BCUT2D eigenvalue weighted by molar-refractivity contribution is 7.29. The van der Waals surface area contributed by atoms with Crippen molar-refractivity contribution in [1.82, 2.24) is 14.9 Å². The third kappa shape index (κ3) is 4.21. The highest BCUT2D eigenvalue weighted by atomic mass is 32.1. The molecule has 0 bridgehead atoms. The molecule has 4 aromatic rings. The van der Waals surface area contributed by atoms with Crippen LogP contribution in [0.25, 0.3) is 20.7 Å². The number of pyridine rings is 1. The smallest absolute Gasteiger partial charge is 0.212 e. The van der Waals surface area contributed by atoms with E-state index in [4.69, 9.17) is 4.98 Å². The topological polar surface area (TPSA) is 64.5 Å². The Morgan fingerprint density at radius 3 is 2.70 bits per heavy atom. The minimum absolute atomic E-state index is 0.492. The van der Waals surface area contributed by atoms with Crippen molar-refractivity contribution < 1.29 is 9.50 Å². The first kappa shape index (κ1) is 21.0. The van der Waals surface area contributed by atoms with E-state index in [1.807, 2.05) is 30.3 Å². The van der Waals surface area contributed by atoms with Gasteiger partial charge in [0, 0.05) is 43.1 Å². The molecule has 6 rings (SSSR count). The van der Waals surface area contributed by atoms with E-state index in [1.54, 1.807) is 17.4 Å². The summed E-state index contributed by atoms with van der Waals surface area (Å²) < 4.78 is 14.2. The van der Waals surface area contributed by atoms with Crippen molar-refractivity contribution in [2.24, 2.45) is 0 Å². The lowest BCUT2D eigenvalue weighted by Crippen LogP contribution is -2.50. The van der Waals surface area contributed by atoms with Gasteiger partial charge in [-0.3, -0.25) is 4.90 Å². The zero-order valence-electron chi connectivity index (χ0n) is 17.9. The first-order chi connectivity index (χ1) is 16.1. The van der Waals surface area contributed by atoms with Gasteiger partial charge in [0.05, 0.1) is 9.58 Å².